The third-order valence-corrected chi connectivity index (χ3v) is 14.4. The smallest absolute Gasteiger partial charge is 0.0187 e. The fourth-order valence-electron chi connectivity index (χ4n) is 11.0. The summed E-state index contributed by atoms with van der Waals surface area (Å²) in [6.07, 6.45) is 0. The second-order valence-electron chi connectivity index (χ2n) is 17.6. The predicted molar refractivity (Wildman–Crippen MR) is 292 cm³/mol. The highest BCUT2D eigenvalue weighted by Crippen LogP contribution is 2.48. The average molecular weight is 914 g/mol. The molecular formula is C66H41Br. The Morgan fingerprint density at radius 3 is 0.806 bits per heavy atom. The van der Waals surface area contributed by atoms with E-state index < -0.39 is 0 Å². The summed E-state index contributed by atoms with van der Waals surface area (Å²) in [5.74, 6) is 0. The Morgan fingerprint density at radius 2 is 0.448 bits per heavy atom. The summed E-state index contributed by atoms with van der Waals surface area (Å²) in [5, 5.41) is 14.9. The van der Waals surface area contributed by atoms with E-state index in [2.05, 4.69) is 265 Å². The van der Waals surface area contributed by atoms with Gasteiger partial charge in [-0.25, -0.2) is 0 Å². The van der Waals surface area contributed by atoms with Gasteiger partial charge in [0.15, 0.2) is 0 Å². The number of hydrogen-bond acceptors (Lipinski definition) is 0. The van der Waals surface area contributed by atoms with Crippen LogP contribution in [0.2, 0.25) is 0 Å². The van der Waals surface area contributed by atoms with Gasteiger partial charge < -0.3 is 0 Å². The lowest BCUT2D eigenvalue weighted by Crippen LogP contribution is -1.93. The first-order valence-electron chi connectivity index (χ1n) is 23.0. The van der Waals surface area contributed by atoms with Crippen LogP contribution >= 0.6 is 15.9 Å². The zero-order valence-corrected chi connectivity index (χ0v) is 38.1. The number of rotatable bonds is 6. The highest BCUT2D eigenvalue weighted by atomic mass is 79.9. The van der Waals surface area contributed by atoms with E-state index in [-0.39, 0.29) is 0 Å². The lowest BCUT2D eigenvalue weighted by Gasteiger charge is -2.20. The highest BCUT2D eigenvalue weighted by molar-refractivity contribution is 9.10. The maximum atomic E-state index is 4.05. The topological polar surface area (TPSA) is 0 Å². The first-order valence-corrected chi connectivity index (χ1v) is 23.8. The molecule has 0 N–H and O–H groups in total. The average Bonchev–Trinajstić information content (AvgIpc) is 3.39. The Kier molecular flexibility index (Phi) is 9.44. The van der Waals surface area contributed by atoms with Gasteiger partial charge in [0.2, 0.25) is 0 Å². The van der Waals surface area contributed by atoms with Crippen molar-refractivity contribution in [1.82, 2.24) is 0 Å². The van der Waals surface area contributed by atoms with E-state index in [0.717, 1.165) is 15.6 Å². The van der Waals surface area contributed by atoms with Gasteiger partial charge in [0.1, 0.15) is 0 Å². The molecule has 1 heteroatoms. The minimum Gasteiger partial charge on any atom is -0.0616 e. The molecule has 0 bridgehead atoms. The van der Waals surface area contributed by atoms with Gasteiger partial charge in [-0.3, -0.25) is 0 Å². The van der Waals surface area contributed by atoms with E-state index in [0.29, 0.717) is 0 Å². The molecule has 0 amide bonds. The molecule has 0 spiro atoms. The fourth-order valence-corrected chi connectivity index (χ4v) is 11.4. The molecule has 0 radical (unpaired) electrons. The van der Waals surface area contributed by atoms with E-state index >= 15 is 0 Å². The maximum absolute atomic E-state index is 4.05. The Hall–Kier alpha value is -8.10. The summed E-state index contributed by atoms with van der Waals surface area (Å²) < 4.78 is 1.04. The molecule has 0 aliphatic rings. The molecule has 67 heavy (non-hydrogen) atoms. The molecule has 13 aromatic rings. The first kappa shape index (κ1) is 39.3. The van der Waals surface area contributed by atoms with Crippen LogP contribution in [0.5, 0.6) is 0 Å². The van der Waals surface area contributed by atoms with Crippen molar-refractivity contribution in [3.63, 3.8) is 0 Å². The van der Waals surface area contributed by atoms with Crippen molar-refractivity contribution in [1.29, 1.82) is 0 Å². The molecule has 0 aliphatic heterocycles. The van der Waals surface area contributed by atoms with E-state index in [1.165, 1.54) is 120 Å². The molecule has 13 aromatic carbocycles. The van der Waals surface area contributed by atoms with Crippen LogP contribution in [0.15, 0.2) is 253 Å². The van der Waals surface area contributed by atoms with Crippen molar-refractivity contribution in [2.24, 2.45) is 0 Å². The van der Waals surface area contributed by atoms with Crippen LogP contribution in [-0.2, 0) is 0 Å². The summed E-state index contributed by atoms with van der Waals surface area (Å²) in [4.78, 5) is 0. The van der Waals surface area contributed by atoms with E-state index in [1.807, 2.05) is 0 Å². The molecule has 13 rings (SSSR count). The van der Waals surface area contributed by atoms with Crippen LogP contribution in [0.1, 0.15) is 0 Å². The zero-order valence-electron chi connectivity index (χ0n) is 36.5. The molecule has 0 fully saturated rings. The molecular weight excluding hydrogens is 873 g/mol. The highest BCUT2D eigenvalue weighted by Gasteiger charge is 2.20. The Labute approximate surface area is 398 Å². The number of hydrogen-bond donors (Lipinski definition) is 0. The van der Waals surface area contributed by atoms with Gasteiger partial charge in [0.25, 0.3) is 0 Å². The molecule has 0 saturated heterocycles. The van der Waals surface area contributed by atoms with Crippen LogP contribution < -0.4 is 0 Å². The normalized spacial score (nSPS) is 11.7. The SMILES string of the molecule is Brc1cc(-c2ccc(-c3cccc4ccccc34)c3c(-c4cccc5ccccc45)cccc23)cc(-c2ccc(-c3cccc4ccccc34)c3c(-c4cccc5ccccc45)cccc23)c1. The fraction of sp³-hybridized carbons (Fsp3) is 0. The van der Waals surface area contributed by atoms with Gasteiger partial charge in [-0.15, -0.1) is 0 Å². The Bertz CT molecular complexity index is 3660. The summed E-state index contributed by atoms with van der Waals surface area (Å²) >= 11 is 4.05. The summed E-state index contributed by atoms with van der Waals surface area (Å²) in [6.45, 7) is 0. The minimum absolute atomic E-state index is 1.04. The van der Waals surface area contributed by atoms with Gasteiger partial charge >= 0.3 is 0 Å². The molecule has 312 valence electrons. The molecule has 0 atom stereocenters. The zero-order chi connectivity index (χ0) is 44.4. The third kappa shape index (κ3) is 6.57. The third-order valence-electron chi connectivity index (χ3n) is 13.9. The van der Waals surface area contributed by atoms with Crippen molar-refractivity contribution in [3.8, 4) is 66.8 Å². The number of halogens is 1. The molecule has 0 aliphatic carbocycles. The van der Waals surface area contributed by atoms with Gasteiger partial charge in [-0.2, -0.15) is 0 Å². The minimum atomic E-state index is 1.04. The van der Waals surface area contributed by atoms with Crippen LogP contribution in [-0.4, -0.2) is 0 Å². The van der Waals surface area contributed by atoms with Crippen LogP contribution in [0.4, 0.5) is 0 Å². The van der Waals surface area contributed by atoms with Crippen molar-refractivity contribution < 1.29 is 0 Å². The van der Waals surface area contributed by atoms with Crippen LogP contribution in [0.25, 0.3) is 131 Å². The molecule has 0 heterocycles. The van der Waals surface area contributed by atoms with Crippen molar-refractivity contribution in [2.45, 2.75) is 0 Å². The molecule has 0 aromatic heterocycles. The van der Waals surface area contributed by atoms with Crippen LogP contribution in [0.3, 0.4) is 0 Å². The predicted octanol–water partition coefficient (Wildman–Crippen LogP) is 19.4. The second kappa shape index (κ2) is 16.1. The summed E-state index contributed by atoms with van der Waals surface area (Å²) in [5.41, 5.74) is 14.5. The number of benzene rings is 13. The van der Waals surface area contributed by atoms with E-state index in [1.54, 1.807) is 0 Å². The Morgan fingerprint density at radius 1 is 0.194 bits per heavy atom. The molecule has 0 nitrogen and oxygen atoms in total. The number of fused-ring (bicyclic) bond motifs is 6. The standard InChI is InChI=1S/C66H41Br/c67-48-40-46(53-35-37-63(57-29-11-21-44-17-3-7-25-51(44)57)65-59(53)31-13-33-61(65)55-27-9-19-42-15-1-5-23-49(42)55)39-47(41-48)54-36-38-64(58-30-12-22-45-18-4-8-26-52(45)58)66-60(54)32-14-34-62(66)56-28-10-20-43-16-2-6-24-50(43)56/h1-41H. The largest absolute Gasteiger partial charge is 0.0616 e. The quantitative estimate of drug-likeness (QED) is 0.156. The monoisotopic (exact) mass is 912 g/mol. The van der Waals surface area contributed by atoms with Gasteiger partial charge in [0, 0.05) is 4.47 Å². The van der Waals surface area contributed by atoms with Gasteiger partial charge in [-0.05, 0) is 150 Å². The van der Waals surface area contributed by atoms with Crippen LogP contribution in [0, 0.1) is 0 Å². The summed E-state index contributed by atoms with van der Waals surface area (Å²) in [6, 6.07) is 91.9. The van der Waals surface area contributed by atoms with Crippen molar-refractivity contribution in [3.05, 3.63) is 253 Å². The van der Waals surface area contributed by atoms with E-state index in [9.17, 15) is 0 Å². The van der Waals surface area contributed by atoms with Gasteiger partial charge in [-0.1, -0.05) is 246 Å². The molecule has 0 saturated carbocycles. The van der Waals surface area contributed by atoms with E-state index in [4.69, 9.17) is 0 Å². The van der Waals surface area contributed by atoms with Crippen molar-refractivity contribution in [2.75, 3.05) is 0 Å². The first-order chi connectivity index (χ1) is 33.2. The second-order valence-corrected chi connectivity index (χ2v) is 18.5. The molecule has 0 unspecified atom stereocenters. The lowest BCUT2D eigenvalue weighted by molar-refractivity contribution is 1.58. The van der Waals surface area contributed by atoms with Crippen molar-refractivity contribution >= 4 is 80.6 Å². The summed E-state index contributed by atoms with van der Waals surface area (Å²) in [7, 11) is 0. The maximum Gasteiger partial charge on any atom is 0.0187 e. The van der Waals surface area contributed by atoms with Gasteiger partial charge in [0.05, 0.1) is 0 Å². The lowest BCUT2D eigenvalue weighted by atomic mass is 9.84. The Balaban J connectivity index is 1.07.